The summed E-state index contributed by atoms with van der Waals surface area (Å²) >= 11 is 9.34. The summed E-state index contributed by atoms with van der Waals surface area (Å²) in [4.78, 5) is 13.3. The van der Waals surface area contributed by atoms with Crippen molar-refractivity contribution in [2.24, 2.45) is 0 Å². The Morgan fingerprint density at radius 2 is 2.33 bits per heavy atom. The van der Waals surface area contributed by atoms with Crippen molar-refractivity contribution in [1.29, 1.82) is 0 Å². The van der Waals surface area contributed by atoms with Crippen LogP contribution in [0.3, 0.4) is 0 Å². The fraction of sp³-hybridized carbons (Fsp3) is 0. The molecular weight excluding hydrogens is 158 g/mol. The molecule has 0 aliphatic carbocycles. The number of nitrogens with one attached hydrogen (secondary N) is 1. The third-order valence-electron chi connectivity index (χ3n) is 0.848. The Balaban J connectivity index is 3.34. The number of pyridine rings is 1. The van der Waals surface area contributed by atoms with Crippen molar-refractivity contribution in [2.75, 3.05) is 0 Å². The quantitative estimate of drug-likeness (QED) is 0.553. The zero-order valence-corrected chi connectivity index (χ0v) is 6.04. The highest BCUT2D eigenvalue weighted by atomic mass is 35.5. The molecule has 0 aliphatic heterocycles. The van der Waals surface area contributed by atoms with Crippen molar-refractivity contribution >= 4 is 24.2 Å². The van der Waals surface area contributed by atoms with E-state index in [1.165, 1.54) is 12.3 Å². The van der Waals surface area contributed by atoms with Gasteiger partial charge in [0.25, 0.3) is 5.56 Å². The molecule has 1 aromatic rings. The number of H-pyrrole nitrogens is 1. The number of thiol groups is 1. The lowest BCUT2D eigenvalue weighted by atomic mass is 10.5. The molecule has 1 N–H and O–H groups in total. The molecule has 9 heavy (non-hydrogen) atoms. The molecular formula is C5H4ClNOS. The van der Waals surface area contributed by atoms with Gasteiger partial charge in [0, 0.05) is 6.20 Å². The van der Waals surface area contributed by atoms with Crippen LogP contribution >= 0.6 is 24.2 Å². The number of aromatic amines is 1. The molecule has 0 atom stereocenters. The molecule has 0 fully saturated rings. The zero-order valence-electron chi connectivity index (χ0n) is 4.39. The van der Waals surface area contributed by atoms with Crippen LogP contribution in [0.15, 0.2) is 22.0 Å². The van der Waals surface area contributed by atoms with Gasteiger partial charge < -0.3 is 4.98 Å². The summed E-state index contributed by atoms with van der Waals surface area (Å²) in [5, 5.41) is 0.486. The lowest BCUT2D eigenvalue weighted by Gasteiger charge is -1.88. The molecule has 0 bridgehead atoms. The molecule has 48 valence electrons. The first-order valence-electron chi connectivity index (χ1n) is 2.27. The average molecular weight is 162 g/mol. The normalized spacial score (nSPS) is 9.56. The number of aromatic nitrogens is 1. The standard InChI is InChI=1S/C5H4ClNOS/c6-3-1-4(9)5(8)7-2-3/h1-2,9H,(H,7,8). The topological polar surface area (TPSA) is 32.9 Å². The largest absolute Gasteiger partial charge is 0.327 e. The molecule has 1 aromatic heterocycles. The lowest BCUT2D eigenvalue weighted by Crippen LogP contribution is -2.04. The smallest absolute Gasteiger partial charge is 0.261 e. The number of halogens is 1. The molecule has 0 saturated carbocycles. The van der Waals surface area contributed by atoms with Gasteiger partial charge in [0.1, 0.15) is 0 Å². The highest BCUT2D eigenvalue weighted by molar-refractivity contribution is 7.80. The third-order valence-corrected chi connectivity index (χ3v) is 1.40. The average Bonchev–Trinajstić information content (AvgIpc) is 1.80. The number of hydrogen-bond acceptors (Lipinski definition) is 2. The molecule has 1 heterocycles. The molecule has 0 aliphatic rings. The molecule has 0 unspecified atom stereocenters. The summed E-state index contributed by atoms with van der Waals surface area (Å²) < 4.78 is 0. The van der Waals surface area contributed by atoms with Gasteiger partial charge in [0.2, 0.25) is 0 Å². The van der Waals surface area contributed by atoms with Gasteiger partial charge in [-0.2, -0.15) is 0 Å². The van der Waals surface area contributed by atoms with Crippen molar-refractivity contribution in [3.63, 3.8) is 0 Å². The van der Waals surface area contributed by atoms with E-state index in [4.69, 9.17) is 11.6 Å². The number of hydrogen-bond donors (Lipinski definition) is 2. The van der Waals surface area contributed by atoms with Crippen LogP contribution in [0.2, 0.25) is 5.02 Å². The predicted molar refractivity (Wildman–Crippen MR) is 39.3 cm³/mol. The second-order valence-corrected chi connectivity index (χ2v) is 2.45. The van der Waals surface area contributed by atoms with E-state index in [1.807, 2.05) is 0 Å². The van der Waals surface area contributed by atoms with E-state index >= 15 is 0 Å². The van der Waals surface area contributed by atoms with Crippen LogP contribution < -0.4 is 5.56 Å². The summed E-state index contributed by atoms with van der Waals surface area (Å²) in [5.74, 6) is 0. The minimum absolute atomic E-state index is 0.220. The summed E-state index contributed by atoms with van der Waals surface area (Å²) in [7, 11) is 0. The van der Waals surface area contributed by atoms with E-state index in [0.29, 0.717) is 9.92 Å². The first-order chi connectivity index (χ1) is 4.20. The molecule has 0 saturated heterocycles. The Bertz CT molecular complexity index is 270. The summed E-state index contributed by atoms with van der Waals surface area (Å²) in [6.45, 7) is 0. The van der Waals surface area contributed by atoms with Gasteiger partial charge in [0.15, 0.2) is 0 Å². The highest BCUT2D eigenvalue weighted by Crippen LogP contribution is 2.06. The van der Waals surface area contributed by atoms with Crippen molar-refractivity contribution in [3.05, 3.63) is 27.6 Å². The van der Waals surface area contributed by atoms with Crippen molar-refractivity contribution in [1.82, 2.24) is 4.98 Å². The van der Waals surface area contributed by atoms with Crippen LogP contribution in [0.25, 0.3) is 0 Å². The van der Waals surface area contributed by atoms with E-state index in [2.05, 4.69) is 17.6 Å². The summed E-state index contributed by atoms with van der Waals surface area (Å²) in [6.07, 6.45) is 1.42. The van der Waals surface area contributed by atoms with Gasteiger partial charge in [0.05, 0.1) is 9.92 Å². The molecule has 2 nitrogen and oxygen atoms in total. The Hall–Kier alpha value is -0.410. The predicted octanol–water partition coefficient (Wildman–Crippen LogP) is 1.32. The van der Waals surface area contributed by atoms with E-state index in [9.17, 15) is 4.79 Å². The molecule has 1 rings (SSSR count). The Labute approximate surface area is 62.3 Å². The fourth-order valence-electron chi connectivity index (χ4n) is 0.446. The molecule has 0 amide bonds. The molecule has 0 spiro atoms. The second-order valence-electron chi connectivity index (χ2n) is 1.53. The maximum absolute atomic E-state index is 10.6. The van der Waals surface area contributed by atoms with Crippen LogP contribution in [0.1, 0.15) is 0 Å². The minimum atomic E-state index is -0.220. The van der Waals surface area contributed by atoms with Crippen LogP contribution in [0.4, 0.5) is 0 Å². The number of rotatable bonds is 0. The van der Waals surface area contributed by atoms with Crippen molar-refractivity contribution in [3.8, 4) is 0 Å². The van der Waals surface area contributed by atoms with Crippen LogP contribution in [0, 0.1) is 0 Å². The Morgan fingerprint density at radius 1 is 1.67 bits per heavy atom. The van der Waals surface area contributed by atoms with E-state index < -0.39 is 0 Å². The monoisotopic (exact) mass is 161 g/mol. The van der Waals surface area contributed by atoms with Crippen molar-refractivity contribution < 1.29 is 0 Å². The summed E-state index contributed by atoms with van der Waals surface area (Å²) in [5.41, 5.74) is -0.220. The minimum Gasteiger partial charge on any atom is -0.327 e. The van der Waals surface area contributed by atoms with Gasteiger partial charge in [-0.05, 0) is 6.07 Å². The zero-order chi connectivity index (χ0) is 6.85. The van der Waals surface area contributed by atoms with Gasteiger partial charge in [-0.15, -0.1) is 12.6 Å². The highest BCUT2D eigenvalue weighted by Gasteiger charge is 1.91. The first kappa shape index (κ1) is 6.71. The lowest BCUT2D eigenvalue weighted by molar-refractivity contribution is 1.15. The third kappa shape index (κ3) is 1.50. The fourth-order valence-corrected chi connectivity index (χ4v) is 0.890. The second kappa shape index (κ2) is 2.45. The van der Waals surface area contributed by atoms with Gasteiger partial charge in [-0.25, -0.2) is 0 Å². The summed E-state index contributed by atoms with van der Waals surface area (Å²) in [6, 6.07) is 1.49. The van der Waals surface area contributed by atoms with E-state index in [0.717, 1.165) is 0 Å². The maximum atomic E-state index is 10.6. The Morgan fingerprint density at radius 3 is 2.78 bits per heavy atom. The van der Waals surface area contributed by atoms with Gasteiger partial charge >= 0.3 is 0 Å². The maximum Gasteiger partial charge on any atom is 0.261 e. The van der Waals surface area contributed by atoms with Gasteiger partial charge in [-0.3, -0.25) is 4.79 Å². The van der Waals surface area contributed by atoms with E-state index in [1.54, 1.807) is 0 Å². The van der Waals surface area contributed by atoms with E-state index in [-0.39, 0.29) is 5.56 Å². The van der Waals surface area contributed by atoms with Crippen LogP contribution in [-0.2, 0) is 0 Å². The first-order valence-corrected chi connectivity index (χ1v) is 3.10. The molecule has 4 heteroatoms. The van der Waals surface area contributed by atoms with Crippen LogP contribution in [0.5, 0.6) is 0 Å². The van der Waals surface area contributed by atoms with Gasteiger partial charge in [-0.1, -0.05) is 11.6 Å². The Kier molecular flexibility index (Phi) is 1.83. The molecule has 0 radical (unpaired) electrons. The van der Waals surface area contributed by atoms with Crippen molar-refractivity contribution in [2.45, 2.75) is 4.90 Å². The SMILES string of the molecule is O=c1[nH]cc(Cl)cc1S. The molecule has 0 aromatic carbocycles. The van der Waals surface area contributed by atoms with Crippen LogP contribution in [-0.4, -0.2) is 4.98 Å².